The highest BCUT2D eigenvalue weighted by atomic mass is 19.1. The second-order valence-electron chi connectivity index (χ2n) is 11.6. The van der Waals surface area contributed by atoms with Crippen LogP contribution in [0.3, 0.4) is 0 Å². The molecule has 0 aliphatic heterocycles. The first kappa shape index (κ1) is 31.7. The van der Waals surface area contributed by atoms with E-state index in [4.69, 9.17) is 4.74 Å². The number of ether oxygens (including phenoxy) is 1. The molecule has 1 fully saturated rings. The number of rotatable bonds is 12. The number of nitrogens with one attached hydrogen (secondary N) is 4. The van der Waals surface area contributed by atoms with Crippen molar-refractivity contribution in [3.63, 3.8) is 0 Å². The lowest BCUT2D eigenvalue weighted by Crippen LogP contribution is -2.41. The number of aromatic nitrogens is 3. The molecule has 11 heteroatoms. The topological polar surface area (TPSA) is 105 Å². The van der Waals surface area contributed by atoms with Gasteiger partial charge in [-0.1, -0.05) is 30.8 Å². The van der Waals surface area contributed by atoms with E-state index < -0.39 is 11.6 Å². The van der Waals surface area contributed by atoms with Crippen molar-refractivity contribution in [1.82, 2.24) is 30.3 Å². The molecule has 1 amide bonds. The minimum Gasteiger partial charge on any atom is -0.492 e. The lowest BCUT2D eigenvalue weighted by molar-refractivity contribution is 0.0920. The Morgan fingerprint density at radius 1 is 0.936 bits per heavy atom. The minimum absolute atomic E-state index is 0.0159. The van der Waals surface area contributed by atoms with E-state index in [9.17, 15) is 13.6 Å². The van der Waals surface area contributed by atoms with Crippen LogP contribution in [0.25, 0.3) is 22.5 Å². The lowest BCUT2D eigenvalue weighted by atomic mass is 9.90. The quantitative estimate of drug-likeness (QED) is 0.119. The number of hydrogen-bond acceptors (Lipinski definition) is 7. The summed E-state index contributed by atoms with van der Waals surface area (Å²) < 4.78 is 35.2. The number of imidazole rings is 1. The zero-order valence-corrected chi connectivity index (χ0v) is 26.1. The normalized spacial score (nSPS) is 16.1. The number of likely N-dealkylation sites (N-methyl/N-ethyl adjacent to an activating group) is 1. The van der Waals surface area contributed by atoms with E-state index in [2.05, 4.69) is 37.8 Å². The van der Waals surface area contributed by atoms with Crippen LogP contribution in [-0.2, 0) is 0 Å². The van der Waals surface area contributed by atoms with Gasteiger partial charge in [0.1, 0.15) is 41.1 Å². The van der Waals surface area contributed by atoms with Crippen LogP contribution in [0, 0.1) is 11.6 Å². The fourth-order valence-electron chi connectivity index (χ4n) is 5.74. The molecule has 1 saturated carbocycles. The highest BCUT2D eigenvalue weighted by molar-refractivity contribution is 5.93. The third-order valence-corrected chi connectivity index (χ3v) is 8.20. The Balaban J connectivity index is 1.05. The van der Waals surface area contributed by atoms with Crippen molar-refractivity contribution in [3.8, 4) is 16.9 Å². The molecule has 9 nitrogen and oxygen atoms in total. The van der Waals surface area contributed by atoms with E-state index >= 15 is 0 Å². The summed E-state index contributed by atoms with van der Waals surface area (Å²) in [5.74, 6) is 0.156. The number of pyridine rings is 2. The molecule has 1 aliphatic carbocycles. The van der Waals surface area contributed by atoms with Crippen LogP contribution in [0.1, 0.15) is 41.7 Å². The molecule has 5 aromatic rings. The fraction of sp³-hybridized carbons (Fsp3) is 0.250. The molecule has 1 aliphatic rings. The van der Waals surface area contributed by atoms with E-state index in [1.807, 2.05) is 55.6 Å². The highest BCUT2D eigenvalue weighted by Gasteiger charge is 2.25. The zero-order chi connectivity index (χ0) is 32.8. The number of fused-ring (bicyclic) bond motifs is 1. The average Bonchev–Trinajstić information content (AvgIpc) is 3.51. The molecule has 0 radical (unpaired) electrons. The van der Waals surface area contributed by atoms with Crippen molar-refractivity contribution in [2.24, 2.45) is 0 Å². The van der Waals surface area contributed by atoms with Crippen molar-refractivity contribution in [2.75, 3.05) is 25.5 Å². The summed E-state index contributed by atoms with van der Waals surface area (Å²) in [6.07, 6.45) is 7.07. The molecule has 47 heavy (non-hydrogen) atoms. The summed E-state index contributed by atoms with van der Waals surface area (Å²) in [4.78, 5) is 21.5. The first-order chi connectivity index (χ1) is 22.8. The van der Waals surface area contributed by atoms with Crippen molar-refractivity contribution in [2.45, 2.75) is 37.8 Å². The highest BCUT2D eigenvalue weighted by Crippen LogP contribution is 2.29. The predicted molar refractivity (Wildman–Crippen MR) is 180 cm³/mol. The van der Waals surface area contributed by atoms with Gasteiger partial charge in [-0.25, -0.2) is 18.7 Å². The van der Waals surface area contributed by atoms with Crippen molar-refractivity contribution in [1.29, 1.82) is 0 Å². The predicted octanol–water partition coefficient (Wildman–Crippen LogP) is 6.32. The third-order valence-electron chi connectivity index (χ3n) is 8.20. The van der Waals surface area contributed by atoms with Crippen LogP contribution < -0.4 is 26.0 Å². The van der Waals surface area contributed by atoms with Gasteiger partial charge in [0.25, 0.3) is 5.91 Å². The smallest absolute Gasteiger partial charge is 0.271 e. The van der Waals surface area contributed by atoms with Crippen LogP contribution in [-0.4, -0.2) is 52.6 Å². The van der Waals surface area contributed by atoms with Crippen molar-refractivity contribution >= 4 is 28.8 Å². The fourth-order valence-corrected chi connectivity index (χ4v) is 5.74. The Hall–Kier alpha value is -5.29. The van der Waals surface area contributed by atoms with E-state index in [1.54, 1.807) is 0 Å². The number of nitrogens with zero attached hydrogens (tertiary/aromatic N) is 3. The monoisotopic (exact) mass is 637 g/mol. The summed E-state index contributed by atoms with van der Waals surface area (Å²) >= 11 is 0. The summed E-state index contributed by atoms with van der Waals surface area (Å²) in [6.45, 7) is 5.58. The average molecular weight is 638 g/mol. The van der Waals surface area contributed by atoms with Crippen LogP contribution in [0.5, 0.6) is 5.75 Å². The molecule has 3 aromatic heterocycles. The van der Waals surface area contributed by atoms with Crippen LogP contribution >= 0.6 is 0 Å². The zero-order valence-electron chi connectivity index (χ0n) is 26.1. The summed E-state index contributed by atoms with van der Waals surface area (Å²) in [7, 11) is 1.89. The number of amides is 1. The van der Waals surface area contributed by atoms with Crippen LogP contribution in [0.4, 0.5) is 20.3 Å². The molecule has 0 bridgehead atoms. The van der Waals surface area contributed by atoms with E-state index in [0.717, 1.165) is 54.8 Å². The summed E-state index contributed by atoms with van der Waals surface area (Å²) in [5.41, 5.74) is 4.71. The largest absolute Gasteiger partial charge is 0.492 e. The van der Waals surface area contributed by atoms with Crippen molar-refractivity contribution < 1.29 is 18.3 Å². The molecule has 0 saturated heterocycles. The minimum atomic E-state index is -0.458. The van der Waals surface area contributed by atoms with Crippen LogP contribution in [0.2, 0.25) is 0 Å². The molecule has 3 heterocycles. The second-order valence-corrected chi connectivity index (χ2v) is 11.6. The maximum Gasteiger partial charge on any atom is 0.271 e. The van der Waals surface area contributed by atoms with Gasteiger partial charge in [-0.3, -0.25) is 4.79 Å². The number of hydrogen-bond donors (Lipinski definition) is 4. The van der Waals surface area contributed by atoms with Gasteiger partial charge in [-0.15, -0.1) is 0 Å². The molecule has 6 rings (SSSR count). The van der Waals surface area contributed by atoms with Gasteiger partial charge in [0.2, 0.25) is 0 Å². The Morgan fingerprint density at radius 2 is 1.70 bits per heavy atom. The number of halogens is 2. The van der Waals surface area contributed by atoms with Gasteiger partial charge in [-0.05, 0) is 86.3 Å². The lowest BCUT2D eigenvalue weighted by Gasteiger charge is -2.31. The van der Waals surface area contributed by atoms with E-state index in [-0.39, 0.29) is 23.7 Å². The van der Waals surface area contributed by atoms with Gasteiger partial charge < -0.3 is 30.4 Å². The number of benzene rings is 2. The molecule has 0 atom stereocenters. The summed E-state index contributed by atoms with van der Waals surface area (Å²) in [6, 6.07) is 20.2. The SMILES string of the molecule is C=C(N[C@H]1CC[C@@H](NC(=O)c2cn3cc(F)ccc3n2)CC1)c1cc(F)cnc1Nc1cccc(-c2ccc(OCCNC)cc2)c1. The van der Waals surface area contributed by atoms with Gasteiger partial charge in [0, 0.05) is 48.0 Å². The van der Waals surface area contributed by atoms with E-state index in [0.29, 0.717) is 29.3 Å². The van der Waals surface area contributed by atoms with Gasteiger partial charge in [-0.2, -0.15) is 0 Å². The Bertz CT molecular complexity index is 1870. The number of carbonyl (C=O) groups excluding carboxylic acids is 1. The standard InChI is InChI=1S/C36H37F2N7O2/c1-23(41-28-9-11-29(12-10-28)43-36(46)33-22-45-21-26(37)8-15-34(45)44-33)32-19-27(38)20-40-35(32)42-30-5-3-4-25(18-30)24-6-13-31(14-7-24)47-17-16-39-2/h3-8,13-15,18-22,28-29,39,41H,1,9-12,16-17H2,2H3,(H,40,42)(H,43,46)/t28-,29+. The van der Waals surface area contributed by atoms with Crippen LogP contribution in [0.15, 0.2) is 91.9 Å². The molecule has 242 valence electrons. The summed E-state index contributed by atoms with van der Waals surface area (Å²) in [5, 5.41) is 12.9. The first-order valence-electron chi connectivity index (χ1n) is 15.7. The van der Waals surface area contributed by atoms with Crippen molar-refractivity contribution in [3.05, 3.63) is 115 Å². The third kappa shape index (κ3) is 7.93. The first-order valence-corrected chi connectivity index (χ1v) is 15.7. The van der Waals surface area contributed by atoms with Gasteiger partial charge >= 0.3 is 0 Å². The Kier molecular flexibility index (Phi) is 9.72. The van der Waals surface area contributed by atoms with Gasteiger partial charge in [0.05, 0.1) is 6.20 Å². The molecular formula is C36H37F2N7O2. The second kappa shape index (κ2) is 14.4. The molecule has 0 spiro atoms. The van der Waals surface area contributed by atoms with Gasteiger partial charge in [0.15, 0.2) is 0 Å². The Labute approximate surface area is 272 Å². The maximum atomic E-state index is 14.4. The Morgan fingerprint density at radius 3 is 2.47 bits per heavy atom. The van der Waals surface area contributed by atoms with E-state index in [1.165, 1.54) is 41.2 Å². The number of carbonyl (C=O) groups is 1. The molecule has 4 N–H and O–H groups in total. The number of anilines is 2. The molecule has 2 aromatic carbocycles. The molecule has 0 unspecified atom stereocenters. The molecular weight excluding hydrogens is 600 g/mol. The maximum absolute atomic E-state index is 14.4.